The van der Waals surface area contributed by atoms with E-state index in [-0.39, 0.29) is 29.4 Å². The van der Waals surface area contributed by atoms with Crippen LogP contribution >= 0.6 is 0 Å². The molecule has 2 aromatic rings. The van der Waals surface area contributed by atoms with Crippen LogP contribution in [0.4, 0.5) is 10.2 Å². The van der Waals surface area contributed by atoms with Gasteiger partial charge in [-0.05, 0) is 12.5 Å². The molecule has 0 spiro atoms. The van der Waals surface area contributed by atoms with Crippen molar-refractivity contribution in [2.24, 2.45) is 0 Å². The molecule has 164 valence electrons. The summed E-state index contributed by atoms with van der Waals surface area (Å²) in [5.41, 5.74) is -1.27. The fourth-order valence-electron chi connectivity index (χ4n) is 3.39. The van der Waals surface area contributed by atoms with E-state index in [0.717, 1.165) is 12.3 Å². The van der Waals surface area contributed by atoms with Gasteiger partial charge in [-0.1, -0.05) is 0 Å². The van der Waals surface area contributed by atoms with Crippen LogP contribution in [0.5, 0.6) is 0 Å². The normalized spacial score (nSPS) is 19.8. The Morgan fingerprint density at radius 1 is 1.37 bits per heavy atom. The number of carboxylic acids is 1. The van der Waals surface area contributed by atoms with Crippen LogP contribution in [0.3, 0.4) is 0 Å². The lowest BCUT2D eigenvalue weighted by Crippen LogP contribution is -2.47. The maximum Gasteiger partial charge on any atom is 0.341 e. The van der Waals surface area contributed by atoms with Crippen molar-refractivity contribution in [2.75, 3.05) is 31.1 Å². The monoisotopic (exact) mass is 426 g/mol. The van der Waals surface area contributed by atoms with Gasteiger partial charge in [-0.15, -0.1) is 0 Å². The number of carboxylic acid groups (broad SMARTS) is 1. The molecule has 11 nitrogen and oxygen atoms in total. The van der Waals surface area contributed by atoms with Gasteiger partial charge in [-0.2, -0.15) is 0 Å². The Balaban J connectivity index is 1.70. The molecule has 1 aliphatic rings. The van der Waals surface area contributed by atoms with Crippen LogP contribution in [0.25, 0.3) is 11.0 Å². The molecule has 0 aromatic carbocycles. The average molecular weight is 426 g/mol. The molecule has 12 heteroatoms. The summed E-state index contributed by atoms with van der Waals surface area (Å²) in [5.74, 6) is -2.19. The van der Waals surface area contributed by atoms with Crippen molar-refractivity contribution in [1.82, 2.24) is 15.3 Å². The Morgan fingerprint density at radius 2 is 2.10 bits per heavy atom. The highest BCUT2D eigenvalue weighted by atomic mass is 19.1. The lowest BCUT2D eigenvalue weighted by molar-refractivity contribution is -0.0754. The van der Waals surface area contributed by atoms with Crippen molar-refractivity contribution in [2.45, 2.75) is 30.8 Å². The largest absolute Gasteiger partial charge is 0.477 e. The molecular formula is C18H23FN4O7. The first-order chi connectivity index (χ1) is 14.2. The SMILES string of the molecule is O=C(O)c1c[nH]c2nc(N3CCC(NC[C@@H](O)[C@@H](O)[C@@H](O)CO)C3)c(F)cc2c1=O. The smallest absolute Gasteiger partial charge is 0.341 e. The number of aromatic amines is 1. The molecule has 1 unspecified atom stereocenters. The lowest BCUT2D eigenvalue weighted by atomic mass is 10.1. The number of nitrogens with one attached hydrogen (secondary N) is 2. The highest BCUT2D eigenvalue weighted by Crippen LogP contribution is 2.24. The third-order valence-electron chi connectivity index (χ3n) is 5.11. The summed E-state index contributed by atoms with van der Waals surface area (Å²) in [7, 11) is 0. The first-order valence-corrected chi connectivity index (χ1v) is 9.31. The van der Waals surface area contributed by atoms with Gasteiger partial charge in [0.15, 0.2) is 11.6 Å². The number of fused-ring (bicyclic) bond motifs is 1. The second-order valence-electron chi connectivity index (χ2n) is 7.17. The van der Waals surface area contributed by atoms with E-state index in [2.05, 4.69) is 15.3 Å². The number of anilines is 1. The van der Waals surface area contributed by atoms with E-state index < -0.39 is 47.7 Å². The van der Waals surface area contributed by atoms with Gasteiger partial charge in [0.25, 0.3) is 0 Å². The molecule has 0 amide bonds. The van der Waals surface area contributed by atoms with Crippen LogP contribution in [-0.2, 0) is 0 Å². The number of pyridine rings is 2. The Kier molecular flexibility index (Phi) is 6.63. The van der Waals surface area contributed by atoms with Crippen LogP contribution in [0.1, 0.15) is 16.8 Å². The minimum Gasteiger partial charge on any atom is -0.477 e. The molecule has 0 aliphatic carbocycles. The van der Waals surface area contributed by atoms with Crippen molar-refractivity contribution in [1.29, 1.82) is 0 Å². The minimum atomic E-state index is -1.51. The summed E-state index contributed by atoms with van der Waals surface area (Å²) in [6.45, 7) is 0.0364. The van der Waals surface area contributed by atoms with E-state index in [1.54, 1.807) is 4.90 Å². The fourth-order valence-corrected chi connectivity index (χ4v) is 3.39. The number of aliphatic hydroxyl groups is 4. The number of carbonyl (C=O) groups is 1. The zero-order valence-corrected chi connectivity index (χ0v) is 15.8. The Labute approximate surface area is 169 Å². The quantitative estimate of drug-likeness (QED) is 0.250. The molecule has 1 fully saturated rings. The van der Waals surface area contributed by atoms with Crippen molar-refractivity contribution in [3.8, 4) is 0 Å². The number of rotatable bonds is 8. The number of aliphatic hydroxyl groups excluding tert-OH is 4. The number of hydrogen-bond donors (Lipinski definition) is 7. The molecular weight excluding hydrogens is 403 g/mol. The first-order valence-electron chi connectivity index (χ1n) is 9.31. The number of nitrogens with zero attached hydrogens (tertiary/aromatic N) is 2. The number of aromatic nitrogens is 2. The molecule has 3 heterocycles. The van der Waals surface area contributed by atoms with E-state index in [1.165, 1.54) is 0 Å². The minimum absolute atomic E-state index is 0.00168. The van der Waals surface area contributed by atoms with Gasteiger partial charge >= 0.3 is 5.97 Å². The summed E-state index contributed by atoms with van der Waals surface area (Å²) in [4.78, 5) is 31.6. The number of aromatic carboxylic acids is 1. The maximum atomic E-state index is 14.6. The van der Waals surface area contributed by atoms with Crippen LogP contribution in [0.15, 0.2) is 17.1 Å². The molecule has 0 radical (unpaired) electrons. The molecule has 4 atom stereocenters. The third-order valence-corrected chi connectivity index (χ3v) is 5.11. The topological polar surface area (TPSA) is 179 Å². The molecule has 30 heavy (non-hydrogen) atoms. The highest BCUT2D eigenvalue weighted by molar-refractivity contribution is 5.91. The summed E-state index contributed by atoms with van der Waals surface area (Å²) in [6.07, 6.45) is -2.67. The highest BCUT2D eigenvalue weighted by Gasteiger charge is 2.29. The van der Waals surface area contributed by atoms with Gasteiger partial charge in [0.2, 0.25) is 5.43 Å². The van der Waals surface area contributed by atoms with Gasteiger partial charge in [-0.25, -0.2) is 14.2 Å². The predicted molar refractivity (Wildman–Crippen MR) is 103 cm³/mol. The van der Waals surface area contributed by atoms with Crippen LogP contribution < -0.4 is 15.6 Å². The van der Waals surface area contributed by atoms with Gasteiger partial charge in [0, 0.05) is 31.9 Å². The summed E-state index contributed by atoms with van der Waals surface area (Å²) in [5, 5.41) is 49.6. The summed E-state index contributed by atoms with van der Waals surface area (Å²) < 4.78 is 14.6. The summed E-state index contributed by atoms with van der Waals surface area (Å²) >= 11 is 0. The number of H-pyrrole nitrogens is 1. The molecule has 0 saturated carbocycles. The van der Waals surface area contributed by atoms with Gasteiger partial charge in [0.05, 0.1) is 18.1 Å². The fraction of sp³-hybridized carbons (Fsp3) is 0.500. The zero-order valence-electron chi connectivity index (χ0n) is 15.8. The van der Waals surface area contributed by atoms with Gasteiger partial charge < -0.3 is 40.7 Å². The van der Waals surface area contributed by atoms with Crippen LogP contribution in [0.2, 0.25) is 0 Å². The van der Waals surface area contributed by atoms with E-state index in [0.29, 0.717) is 19.5 Å². The van der Waals surface area contributed by atoms with E-state index >= 15 is 0 Å². The Morgan fingerprint density at radius 3 is 2.77 bits per heavy atom. The number of halogens is 1. The van der Waals surface area contributed by atoms with Crippen LogP contribution in [0, 0.1) is 5.82 Å². The van der Waals surface area contributed by atoms with Gasteiger partial charge in [-0.3, -0.25) is 4.79 Å². The predicted octanol–water partition coefficient (Wildman–Crippen LogP) is -2.00. The number of hydrogen-bond acceptors (Lipinski definition) is 9. The van der Waals surface area contributed by atoms with Gasteiger partial charge in [0.1, 0.15) is 23.4 Å². The Bertz CT molecular complexity index is 985. The van der Waals surface area contributed by atoms with Crippen LogP contribution in [-0.4, -0.2) is 92.1 Å². The van der Waals surface area contributed by atoms with Crippen molar-refractivity contribution < 1.29 is 34.7 Å². The van der Waals surface area contributed by atoms with E-state index in [4.69, 9.17) is 10.2 Å². The van der Waals surface area contributed by atoms with Crippen molar-refractivity contribution in [3.63, 3.8) is 0 Å². The second kappa shape index (κ2) is 9.02. The molecule has 1 saturated heterocycles. The van der Waals surface area contributed by atoms with E-state index in [9.17, 15) is 29.3 Å². The molecule has 2 aromatic heterocycles. The average Bonchev–Trinajstić information content (AvgIpc) is 3.19. The lowest BCUT2D eigenvalue weighted by Gasteiger charge is -2.24. The molecule has 1 aliphatic heterocycles. The maximum absolute atomic E-state index is 14.6. The molecule has 0 bridgehead atoms. The van der Waals surface area contributed by atoms with Crippen molar-refractivity contribution in [3.05, 3.63) is 33.9 Å². The zero-order chi connectivity index (χ0) is 22.0. The third kappa shape index (κ3) is 4.42. The van der Waals surface area contributed by atoms with E-state index in [1.807, 2.05) is 0 Å². The molecule has 7 N–H and O–H groups in total. The first kappa shape index (κ1) is 22.1. The second-order valence-corrected chi connectivity index (χ2v) is 7.17. The Hall–Kier alpha value is -2.64. The standard InChI is InChI=1S/C18H23FN4O7/c19-11-3-9-14(27)10(18(29)30)4-21-16(9)22-17(11)23-2-1-8(6-23)20-5-12(25)15(28)13(26)7-24/h3-4,8,12-13,15,20,24-26,28H,1-2,5-7H2,(H,29,30)(H,21,22,27)/t8?,12-,13+,15-/m1/s1. The molecule has 3 rings (SSSR count). The summed E-state index contributed by atoms with van der Waals surface area (Å²) in [6, 6.07) is 0.795. The van der Waals surface area contributed by atoms with Crippen molar-refractivity contribution >= 4 is 22.8 Å².